The molecule has 3 atom stereocenters. The highest BCUT2D eigenvalue weighted by atomic mass is 32.2. The number of hydrogen-bond acceptors (Lipinski definition) is 4. The normalized spacial score (nSPS) is 26.1. The van der Waals surface area contributed by atoms with Crippen molar-refractivity contribution in [2.45, 2.75) is 23.3 Å². The first-order chi connectivity index (χ1) is 11.5. The fourth-order valence-electron chi connectivity index (χ4n) is 3.99. The van der Waals surface area contributed by atoms with Crippen molar-refractivity contribution in [1.29, 1.82) is 0 Å². The second-order valence-electron chi connectivity index (χ2n) is 6.69. The Bertz CT molecular complexity index is 862. The number of benzene rings is 2. The number of hydrogen-bond donors (Lipinski definition) is 1. The third-order valence-electron chi connectivity index (χ3n) is 5.14. The summed E-state index contributed by atoms with van der Waals surface area (Å²) in [6, 6.07) is 15.6. The van der Waals surface area contributed by atoms with E-state index in [-0.39, 0.29) is 6.04 Å². The molecular weight excluding hydrogens is 322 g/mol. The third kappa shape index (κ3) is 2.72. The number of fused-ring (bicyclic) bond motifs is 3. The van der Waals surface area contributed by atoms with Crippen LogP contribution in [0.3, 0.4) is 0 Å². The minimum absolute atomic E-state index is 0.111. The van der Waals surface area contributed by atoms with E-state index in [1.807, 2.05) is 36.4 Å². The van der Waals surface area contributed by atoms with Gasteiger partial charge in [0.2, 0.25) is 0 Å². The van der Waals surface area contributed by atoms with E-state index in [0.29, 0.717) is 16.7 Å². The van der Waals surface area contributed by atoms with Crippen molar-refractivity contribution >= 4 is 9.84 Å². The van der Waals surface area contributed by atoms with Crippen molar-refractivity contribution in [3.05, 3.63) is 59.7 Å². The number of rotatable bonds is 2. The fraction of sp³-hybridized carbons (Fsp3) is 0.368. The standard InChI is InChI=1S/C19H21NO3S/c1-24(21,22)15-6-4-5-13(11-15)19-18-14(12-20-19)9-10-23-17-8-3-2-7-16(17)18/h2-8,11,14,18-20H,9-10,12H2,1H3. The first-order valence-electron chi connectivity index (χ1n) is 8.29. The Hall–Kier alpha value is -1.85. The maximum Gasteiger partial charge on any atom is 0.175 e. The highest BCUT2D eigenvalue weighted by Crippen LogP contribution is 2.47. The Labute approximate surface area is 142 Å². The van der Waals surface area contributed by atoms with Gasteiger partial charge >= 0.3 is 0 Å². The molecule has 0 aliphatic carbocycles. The highest BCUT2D eigenvalue weighted by Gasteiger charge is 2.40. The van der Waals surface area contributed by atoms with Gasteiger partial charge in [0, 0.05) is 18.2 Å². The average Bonchev–Trinajstić information content (AvgIpc) is 2.90. The summed E-state index contributed by atoms with van der Waals surface area (Å²) in [5.74, 6) is 1.76. The van der Waals surface area contributed by atoms with Crippen LogP contribution in [0.5, 0.6) is 5.75 Å². The zero-order valence-electron chi connectivity index (χ0n) is 13.6. The minimum Gasteiger partial charge on any atom is -0.493 e. The molecule has 0 spiro atoms. The molecule has 0 amide bonds. The molecule has 0 radical (unpaired) electrons. The summed E-state index contributed by atoms with van der Waals surface area (Å²) < 4.78 is 29.7. The number of nitrogens with one attached hydrogen (secondary N) is 1. The summed E-state index contributed by atoms with van der Waals surface area (Å²) in [5, 5.41) is 3.61. The van der Waals surface area contributed by atoms with Crippen LogP contribution in [-0.2, 0) is 9.84 Å². The van der Waals surface area contributed by atoms with Crippen LogP contribution in [0.4, 0.5) is 0 Å². The van der Waals surface area contributed by atoms with E-state index in [1.165, 1.54) is 11.8 Å². The lowest BCUT2D eigenvalue weighted by molar-refractivity contribution is 0.296. The smallest absolute Gasteiger partial charge is 0.175 e. The van der Waals surface area contributed by atoms with Crippen LogP contribution >= 0.6 is 0 Å². The van der Waals surface area contributed by atoms with Gasteiger partial charge in [0.15, 0.2) is 9.84 Å². The first-order valence-corrected chi connectivity index (χ1v) is 10.2. The highest BCUT2D eigenvalue weighted by molar-refractivity contribution is 7.90. The molecule has 2 heterocycles. The van der Waals surface area contributed by atoms with E-state index in [0.717, 1.165) is 30.9 Å². The maximum absolute atomic E-state index is 11.9. The molecule has 1 fully saturated rings. The molecule has 126 valence electrons. The maximum atomic E-state index is 11.9. The molecule has 3 unspecified atom stereocenters. The van der Waals surface area contributed by atoms with Crippen LogP contribution in [0.1, 0.15) is 29.5 Å². The Morgan fingerprint density at radius 2 is 1.96 bits per heavy atom. The first kappa shape index (κ1) is 15.7. The van der Waals surface area contributed by atoms with Crippen molar-refractivity contribution in [3.63, 3.8) is 0 Å². The summed E-state index contributed by atoms with van der Waals surface area (Å²) in [5.41, 5.74) is 2.25. The molecule has 5 heteroatoms. The van der Waals surface area contributed by atoms with Crippen LogP contribution in [0.2, 0.25) is 0 Å². The quantitative estimate of drug-likeness (QED) is 0.911. The topological polar surface area (TPSA) is 55.4 Å². The molecule has 2 aromatic carbocycles. The lowest BCUT2D eigenvalue weighted by Crippen LogP contribution is -2.18. The predicted octanol–water partition coefficient (Wildman–Crippen LogP) is 2.92. The molecule has 0 bridgehead atoms. The lowest BCUT2D eigenvalue weighted by Gasteiger charge is -2.24. The number of para-hydroxylation sites is 1. The van der Waals surface area contributed by atoms with E-state index in [9.17, 15) is 8.42 Å². The third-order valence-corrected chi connectivity index (χ3v) is 6.25. The molecular formula is C19H21NO3S. The van der Waals surface area contributed by atoms with Crippen molar-refractivity contribution in [3.8, 4) is 5.75 Å². The van der Waals surface area contributed by atoms with Crippen molar-refractivity contribution < 1.29 is 13.2 Å². The Balaban J connectivity index is 1.78. The zero-order valence-corrected chi connectivity index (χ0v) is 14.4. The Kier molecular flexibility index (Phi) is 3.85. The summed E-state index contributed by atoms with van der Waals surface area (Å²) in [7, 11) is -3.20. The van der Waals surface area contributed by atoms with Crippen molar-refractivity contribution in [2.75, 3.05) is 19.4 Å². The SMILES string of the molecule is CS(=O)(=O)c1cccc(C2NCC3CCOc4ccccc4C32)c1. The van der Waals surface area contributed by atoms with Crippen molar-refractivity contribution in [1.82, 2.24) is 5.32 Å². The molecule has 4 nitrogen and oxygen atoms in total. The van der Waals surface area contributed by atoms with Gasteiger partial charge in [0.05, 0.1) is 11.5 Å². The molecule has 2 aromatic rings. The van der Waals surface area contributed by atoms with Crippen LogP contribution in [0.25, 0.3) is 0 Å². The van der Waals surface area contributed by atoms with Gasteiger partial charge in [0.25, 0.3) is 0 Å². The van der Waals surface area contributed by atoms with Gasteiger partial charge in [-0.25, -0.2) is 8.42 Å². The van der Waals surface area contributed by atoms with E-state index < -0.39 is 9.84 Å². The largest absolute Gasteiger partial charge is 0.493 e. The summed E-state index contributed by atoms with van der Waals surface area (Å²) in [6.07, 6.45) is 2.26. The summed E-state index contributed by atoms with van der Waals surface area (Å²) in [4.78, 5) is 0.378. The Morgan fingerprint density at radius 3 is 2.79 bits per heavy atom. The van der Waals surface area contributed by atoms with E-state index in [4.69, 9.17) is 4.74 Å². The summed E-state index contributed by atoms with van der Waals surface area (Å²) >= 11 is 0. The van der Waals surface area contributed by atoms with Crippen LogP contribution < -0.4 is 10.1 Å². The lowest BCUT2D eigenvalue weighted by atomic mass is 9.80. The number of sulfone groups is 1. The van der Waals surface area contributed by atoms with Crippen molar-refractivity contribution in [2.24, 2.45) is 5.92 Å². The molecule has 4 rings (SSSR count). The van der Waals surface area contributed by atoms with Gasteiger partial charge in [-0.15, -0.1) is 0 Å². The van der Waals surface area contributed by atoms with Gasteiger partial charge in [0.1, 0.15) is 5.75 Å². The van der Waals surface area contributed by atoms with E-state index in [1.54, 1.807) is 6.07 Å². The minimum atomic E-state index is -3.20. The average molecular weight is 343 g/mol. The van der Waals surface area contributed by atoms with Crippen LogP contribution in [0, 0.1) is 5.92 Å². The number of ether oxygens (including phenoxy) is 1. The second-order valence-corrected chi connectivity index (χ2v) is 8.71. The monoisotopic (exact) mass is 343 g/mol. The van der Waals surface area contributed by atoms with E-state index in [2.05, 4.69) is 11.4 Å². The van der Waals surface area contributed by atoms with Gasteiger partial charge in [-0.3, -0.25) is 0 Å². The second kappa shape index (κ2) is 5.90. The fourth-order valence-corrected chi connectivity index (χ4v) is 4.67. The molecule has 2 aliphatic rings. The molecule has 24 heavy (non-hydrogen) atoms. The van der Waals surface area contributed by atoms with Crippen LogP contribution in [0.15, 0.2) is 53.4 Å². The molecule has 0 aromatic heterocycles. The van der Waals surface area contributed by atoms with Crippen LogP contribution in [-0.4, -0.2) is 27.8 Å². The van der Waals surface area contributed by atoms with Gasteiger partial charge in [-0.1, -0.05) is 30.3 Å². The van der Waals surface area contributed by atoms with Gasteiger partial charge in [-0.05, 0) is 48.2 Å². The predicted molar refractivity (Wildman–Crippen MR) is 93.1 cm³/mol. The molecule has 1 saturated heterocycles. The summed E-state index contributed by atoms with van der Waals surface area (Å²) in [6.45, 7) is 1.66. The zero-order chi connectivity index (χ0) is 16.7. The Morgan fingerprint density at radius 1 is 1.12 bits per heavy atom. The molecule has 2 aliphatic heterocycles. The van der Waals surface area contributed by atoms with E-state index >= 15 is 0 Å². The van der Waals surface area contributed by atoms with Gasteiger partial charge < -0.3 is 10.1 Å². The molecule has 0 saturated carbocycles. The van der Waals surface area contributed by atoms with Gasteiger partial charge in [-0.2, -0.15) is 0 Å². The molecule has 1 N–H and O–H groups in total.